The molecule has 1 aromatic heterocycles. The number of ether oxygens (including phenoxy) is 2. The lowest BCUT2D eigenvalue weighted by atomic mass is 9.87. The molecule has 0 atom stereocenters. The van der Waals surface area contributed by atoms with E-state index in [1.165, 1.54) is 0 Å². The lowest BCUT2D eigenvalue weighted by Gasteiger charge is -2.35. The first-order chi connectivity index (χ1) is 9.72. The number of Topliss-reactive ketones (excluding diaryl/α,β-unsaturated/α-hetero) is 1. The third-order valence-corrected chi connectivity index (χ3v) is 3.81. The summed E-state index contributed by atoms with van der Waals surface area (Å²) in [7, 11) is 0. The number of aryl methyl sites for hydroxylation is 1. The van der Waals surface area contributed by atoms with Crippen LogP contribution in [0.3, 0.4) is 0 Å². The number of carbonyl (C=O) groups is 1. The minimum atomic E-state index is -0.671. The summed E-state index contributed by atoms with van der Waals surface area (Å²) in [5.41, 5.74) is -0.671. The van der Waals surface area contributed by atoms with Crippen LogP contribution in [0.1, 0.15) is 38.9 Å². The smallest absolute Gasteiger partial charge is 0.172 e. The van der Waals surface area contributed by atoms with Crippen LogP contribution < -0.4 is 0 Å². The zero-order valence-electron chi connectivity index (χ0n) is 12.4. The van der Waals surface area contributed by atoms with Gasteiger partial charge in [0.25, 0.3) is 0 Å². The summed E-state index contributed by atoms with van der Waals surface area (Å²) in [5.74, 6) is 0.966. The van der Waals surface area contributed by atoms with Crippen molar-refractivity contribution in [2.75, 3.05) is 19.8 Å². The minimum absolute atomic E-state index is 0.131. The van der Waals surface area contributed by atoms with Gasteiger partial charge in [0.15, 0.2) is 5.78 Å². The second kappa shape index (κ2) is 6.99. The van der Waals surface area contributed by atoms with E-state index in [1.54, 1.807) is 6.20 Å². The number of hydrogen-bond acceptors (Lipinski definition) is 4. The van der Waals surface area contributed by atoms with E-state index in [1.807, 2.05) is 13.1 Å². The second-order valence-corrected chi connectivity index (χ2v) is 5.18. The van der Waals surface area contributed by atoms with Gasteiger partial charge in [0, 0.05) is 51.6 Å². The third kappa shape index (κ3) is 3.27. The quantitative estimate of drug-likeness (QED) is 0.766. The Hall–Kier alpha value is -1.20. The summed E-state index contributed by atoms with van der Waals surface area (Å²) in [4.78, 5) is 17.0. The van der Waals surface area contributed by atoms with Gasteiger partial charge in [-0.05, 0) is 13.3 Å². The first kappa shape index (κ1) is 15.2. The highest BCUT2D eigenvalue weighted by molar-refractivity contribution is 5.88. The molecule has 0 unspecified atom stereocenters. The molecular formula is C15H24N2O3. The second-order valence-electron chi connectivity index (χ2n) is 5.18. The zero-order valence-corrected chi connectivity index (χ0v) is 12.4. The topological polar surface area (TPSA) is 53.4 Å². The van der Waals surface area contributed by atoms with E-state index in [4.69, 9.17) is 9.47 Å². The van der Waals surface area contributed by atoms with Crippen molar-refractivity contribution in [3.8, 4) is 0 Å². The predicted octanol–water partition coefficient (Wildman–Crippen LogP) is 1.99. The molecule has 20 heavy (non-hydrogen) atoms. The molecule has 0 radical (unpaired) electrons. The first-order valence-electron chi connectivity index (χ1n) is 7.47. The molecule has 0 aromatic carbocycles. The third-order valence-electron chi connectivity index (χ3n) is 3.81. The van der Waals surface area contributed by atoms with Crippen molar-refractivity contribution >= 4 is 5.78 Å². The molecule has 2 heterocycles. The van der Waals surface area contributed by atoms with E-state index in [0.29, 0.717) is 39.1 Å². The molecule has 2 rings (SSSR count). The Morgan fingerprint density at radius 3 is 2.85 bits per heavy atom. The van der Waals surface area contributed by atoms with Gasteiger partial charge in [-0.3, -0.25) is 4.79 Å². The highest BCUT2D eigenvalue weighted by Gasteiger charge is 2.40. The van der Waals surface area contributed by atoms with Gasteiger partial charge in [0.05, 0.1) is 6.42 Å². The van der Waals surface area contributed by atoms with Crippen LogP contribution in [-0.2, 0) is 27.2 Å². The molecule has 0 aliphatic carbocycles. The van der Waals surface area contributed by atoms with Gasteiger partial charge in [-0.25, -0.2) is 4.98 Å². The Morgan fingerprint density at radius 1 is 1.45 bits per heavy atom. The maximum absolute atomic E-state index is 12.7. The van der Waals surface area contributed by atoms with Gasteiger partial charge >= 0.3 is 0 Å². The molecule has 0 bridgehead atoms. The van der Waals surface area contributed by atoms with Crippen LogP contribution in [0.15, 0.2) is 12.4 Å². The number of ketones is 1. The highest BCUT2D eigenvalue weighted by Crippen LogP contribution is 2.27. The van der Waals surface area contributed by atoms with E-state index in [0.717, 1.165) is 18.8 Å². The Bertz CT molecular complexity index is 431. The van der Waals surface area contributed by atoms with Crippen molar-refractivity contribution in [2.24, 2.45) is 0 Å². The lowest BCUT2D eigenvalue weighted by Crippen LogP contribution is -2.47. The van der Waals surface area contributed by atoms with Crippen molar-refractivity contribution in [3.05, 3.63) is 18.2 Å². The van der Waals surface area contributed by atoms with Gasteiger partial charge in [0.2, 0.25) is 0 Å². The SMILES string of the molecule is CCCn1ccnc1CC(=O)C1(OCC)CCOCC1. The number of carbonyl (C=O) groups excluding carboxylic acids is 1. The van der Waals surface area contributed by atoms with Crippen LogP contribution in [0.4, 0.5) is 0 Å². The fourth-order valence-electron chi connectivity index (χ4n) is 2.74. The summed E-state index contributed by atoms with van der Waals surface area (Å²) in [6, 6.07) is 0. The van der Waals surface area contributed by atoms with Gasteiger partial charge in [-0.2, -0.15) is 0 Å². The summed E-state index contributed by atoms with van der Waals surface area (Å²) >= 11 is 0. The van der Waals surface area contributed by atoms with E-state index in [2.05, 4.69) is 16.5 Å². The summed E-state index contributed by atoms with van der Waals surface area (Å²) in [6.07, 6.45) is 6.36. The van der Waals surface area contributed by atoms with E-state index in [-0.39, 0.29) is 5.78 Å². The fourth-order valence-corrected chi connectivity index (χ4v) is 2.74. The van der Waals surface area contributed by atoms with Crippen molar-refractivity contribution in [1.82, 2.24) is 9.55 Å². The molecule has 0 amide bonds. The monoisotopic (exact) mass is 280 g/mol. The number of hydrogen-bond donors (Lipinski definition) is 0. The molecule has 0 N–H and O–H groups in total. The molecule has 1 fully saturated rings. The Morgan fingerprint density at radius 2 is 2.20 bits per heavy atom. The minimum Gasteiger partial charge on any atom is -0.381 e. The molecule has 0 spiro atoms. The van der Waals surface area contributed by atoms with Crippen molar-refractivity contribution in [1.29, 1.82) is 0 Å². The van der Waals surface area contributed by atoms with Crippen LogP contribution >= 0.6 is 0 Å². The summed E-state index contributed by atoms with van der Waals surface area (Å²) in [5, 5.41) is 0. The number of imidazole rings is 1. The van der Waals surface area contributed by atoms with Gasteiger partial charge < -0.3 is 14.0 Å². The molecule has 5 heteroatoms. The Balaban J connectivity index is 2.09. The van der Waals surface area contributed by atoms with Crippen LogP contribution in [0.25, 0.3) is 0 Å². The van der Waals surface area contributed by atoms with Gasteiger partial charge in [0.1, 0.15) is 11.4 Å². The normalized spacial score (nSPS) is 18.1. The maximum atomic E-state index is 12.7. The molecule has 1 saturated heterocycles. The number of rotatable bonds is 7. The average Bonchev–Trinajstić information content (AvgIpc) is 2.88. The molecule has 0 saturated carbocycles. The van der Waals surface area contributed by atoms with E-state index < -0.39 is 5.60 Å². The number of aromatic nitrogens is 2. The molecular weight excluding hydrogens is 256 g/mol. The van der Waals surface area contributed by atoms with Crippen molar-refractivity contribution in [3.63, 3.8) is 0 Å². The van der Waals surface area contributed by atoms with Crippen LogP contribution in [-0.4, -0.2) is 40.8 Å². The standard InChI is InChI=1S/C15H24N2O3/c1-3-8-17-9-7-16-14(17)12-13(18)15(20-4-2)5-10-19-11-6-15/h7,9H,3-6,8,10-12H2,1-2H3. The first-order valence-corrected chi connectivity index (χ1v) is 7.47. The predicted molar refractivity (Wildman–Crippen MR) is 75.6 cm³/mol. The van der Waals surface area contributed by atoms with Gasteiger partial charge in [-0.1, -0.05) is 6.92 Å². The number of nitrogens with zero attached hydrogens (tertiary/aromatic N) is 2. The summed E-state index contributed by atoms with van der Waals surface area (Å²) < 4.78 is 13.2. The highest BCUT2D eigenvalue weighted by atomic mass is 16.5. The molecule has 1 aliphatic rings. The van der Waals surface area contributed by atoms with Crippen LogP contribution in [0.2, 0.25) is 0 Å². The Labute approximate surface area is 120 Å². The largest absolute Gasteiger partial charge is 0.381 e. The lowest BCUT2D eigenvalue weighted by molar-refractivity contribution is -0.157. The van der Waals surface area contributed by atoms with Crippen LogP contribution in [0.5, 0.6) is 0 Å². The Kier molecular flexibility index (Phi) is 5.31. The maximum Gasteiger partial charge on any atom is 0.172 e. The molecule has 1 aromatic rings. The van der Waals surface area contributed by atoms with Crippen molar-refractivity contribution in [2.45, 2.75) is 51.7 Å². The molecule has 1 aliphatic heterocycles. The van der Waals surface area contributed by atoms with Crippen LogP contribution in [0, 0.1) is 0 Å². The van der Waals surface area contributed by atoms with E-state index >= 15 is 0 Å². The molecule has 5 nitrogen and oxygen atoms in total. The summed E-state index contributed by atoms with van der Waals surface area (Å²) in [6.45, 7) is 6.68. The molecule has 112 valence electrons. The average molecular weight is 280 g/mol. The zero-order chi connectivity index (χ0) is 14.4. The van der Waals surface area contributed by atoms with Gasteiger partial charge in [-0.15, -0.1) is 0 Å². The van der Waals surface area contributed by atoms with E-state index in [9.17, 15) is 4.79 Å². The van der Waals surface area contributed by atoms with Crippen molar-refractivity contribution < 1.29 is 14.3 Å². The fraction of sp³-hybridized carbons (Fsp3) is 0.733.